The molecular formula is C21H32F2O4. The number of carbonyl (C=O) groups is 2. The summed E-state index contributed by atoms with van der Waals surface area (Å²) in [6.45, 7) is 5.26. The summed E-state index contributed by atoms with van der Waals surface area (Å²) >= 11 is 0. The number of esters is 2. The number of hydrogen-bond donors (Lipinski definition) is 0. The van der Waals surface area contributed by atoms with Crippen LogP contribution in [0.2, 0.25) is 0 Å². The van der Waals surface area contributed by atoms with Gasteiger partial charge in [-0.25, -0.2) is 8.78 Å². The average Bonchev–Trinajstić information content (AvgIpc) is 2.56. The third-order valence-electron chi connectivity index (χ3n) is 7.37. The number of ether oxygens (including phenoxy) is 2. The molecule has 0 heterocycles. The smallest absolute Gasteiger partial charge is 0.312 e. The molecule has 4 aliphatic rings. The molecule has 154 valence electrons. The van der Waals surface area contributed by atoms with Crippen molar-refractivity contribution < 1.29 is 27.8 Å². The predicted octanol–water partition coefficient (Wildman–Crippen LogP) is 4.75. The Morgan fingerprint density at radius 3 is 2.00 bits per heavy atom. The molecule has 0 aromatic rings. The molecule has 27 heavy (non-hydrogen) atoms. The second kappa shape index (κ2) is 7.00. The molecule has 0 radical (unpaired) electrons. The summed E-state index contributed by atoms with van der Waals surface area (Å²) < 4.78 is 36.6. The SMILES string of the molecule is CCC(C)(CC(=O)OCC(C)(F)F)C(=O)OC1(C)C2CC3CC(C2)CC1C3. The zero-order valence-corrected chi connectivity index (χ0v) is 16.9. The van der Waals surface area contributed by atoms with Gasteiger partial charge < -0.3 is 9.47 Å². The van der Waals surface area contributed by atoms with Crippen molar-refractivity contribution in [3.8, 4) is 0 Å². The maximum atomic E-state index is 13.1. The first kappa shape index (κ1) is 20.5. The van der Waals surface area contributed by atoms with E-state index >= 15 is 0 Å². The number of alkyl halides is 2. The van der Waals surface area contributed by atoms with E-state index in [9.17, 15) is 18.4 Å². The van der Waals surface area contributed by atoms with Crippen molar-refractivity contribution in [3.63, 3.8) is 0 Å². The van der Waals surface area contributed by atoms with Crippen molar-refractivity contribution in [2.75, 3.05) is 6.61 Å². The highest BCUT2D eigenvalue weighted by Crippen LogP contribution is 2.59. The topological polar surface area (TPSA) is 52.6 Å². The van der Waals surface area contributed by atoms with Crippen LogP contribution in [0.15, 0.2) is 0 Å². The highest BCUT2D eigenvalue weighted by molar-refractivity contribution is 5.83. The van der Waals surface area contributed by atoms with Crippen LogP contribution in [0.4, 0.5) is 8.78 Å². The number of rotatable bonds is 7. The third-order valence-corrected chi connectivity index (χ3v) is 7.37. The summed E-state index contributed by atoms with van der Waals surface area (Å²) in [6, 6.07) is 0. The fourth-order valence-corrected chi connectivity index (χ4v) is 5.53. The van der Waals surface area contributed by atoms with Crippen LogP contribution >= 0.6 is 0 Å². The summed E-state index contributed by atoms with van der Waals surface area (Å²) in [7, 11) is 0. The Kier molecular flexibility index (Phi) is 5.32. The quantitative estimate of drug-likeness (QED) is 0.593. The lowest BCUT2D eigenvalue weighted by molar-refractivity contribution is -0.213. The van der Waals surface area contributed by atoms with Crippen molar-refractivity contribution in [1.82, 2.24) is 0 Å². The summed E-state index contributed by atoms with van der Waals surface area (Å²) in [5.41, 5.74) is -1.53. The Hall–Kier alpha value is -1.20. The van der Waals surface area contributed by atoms with Crippen LogP contribution in [0.25, 0.3) is 0 Å². The minimum Gasteiger partial charge on any atom is -0.459 e. The number of hydrogen-bond acceptors (Lipinski definition) is 4. The molecule has 6 heteroatoms. The Balaban J connectivity index is 1.65. The fourth-order valence-electron chi connectivity index (χ4n) is 5.53. The van der Waals surface area contributed by atoms with E-state index in [2.05, 4.69) is 11.7 Å². The monoisotopic (exact) mass is 386 g/mol. The molecular weight excluding hydrogens is 354 g/mol. The molecule has 4 fully saturated rings. The highest BCUT2D eigenvalue weighted by atomic mass is 19.3. The molecule has 0 aromatic heterocycles. The minimum absolute atomic E-state index is 0.241. The molecule has 0 spiro atoms. The zero-order chi connectivity index (χ0) is 20.0. The Morgan fingerprint density at radius 2 is 1.56 bits per heavy atom. The number of carbonyl (C=O) groups excluding carboxylic acids is 2. The molecule has 0 N–H and O–H groups in total. The van der Waals surface area contributed by atoms with Crippen molar-refractivity contribution in [2.45, 2.75) is 84.2 Å². The van der Waals surface area contributed by atoms with E-state index in [-0.39, 0.29) is 6.42 Å². The van der Waals surface area contributed by atoms with Gasteiger partial charge in [0.1, 0.15) is 5.60 Å². The first-order valence-electron chi connectivity index (χ1n) is 10.2. The van der Waals surface area contributed by atoms with Gasteiger partial charge in [0.2, 0.25) is 0 Å². The molecule has 4 saturated carbocycles. The van der Waals surface area contributed by atoms with E-state index in [1.54, 1.807) is 6.92 Å². The van der Waals surface area contributed by atoms with Gasteiger partial charge in [-0.3, -0.25) is 9.59 Å². The van der Waals surface area contributed by atoms with Crippen molar-refractivity contribution >= 4 is 11.9 Å². The maximum absolute atomic E-state index is 13.1. The van der Waals surface area contributed by atoms with Gasteiger partial charge in [-0.2, -0.15) is 0 Å². The van der Waals surface area contributed by atoms with E-state index in [1.807, 2.05) is 6.92 Å². The van der Waals surface area contributed by atoms with Gasteiger partial charge in [0.05, 0.1) is 11.8 Å². The van der Waals surface area contributed by atoms with E-state index in [0.29, 0.717) is 25.2 Å². The van der Waals surface area contributed by atoms with Crippen molar-refractivity contribution in [2.24, 2.45) is 29.1 Å². The van der Waals surface area contributed by atoms with Crippen LogP contribution in [0.3, 0.4) is 0 Å². The molecule has 1 atom stereocenters. The van der Waals surface area contributed by atoms with Gasteiger partial charge >= 0.3 is 11.9 Å². The normalized spacial score (nSPS) is 37.0. The Bertz CT molecular complexity index is 569. The maximum Gasteiger partial charge on any atom is 0.312 e. The molecule has 1 unspecified atom stereocenters. The van der Waals surface area contributed by atoms with Crippen LogP contribution in [0.5, 0.6) is 0 Å². The van der Waals surface area contributed by atoms with E-state index < -0.39 is 35.5 Å². The first-order valence-corrected chi connectivity index (χ1v) is 10.2. The largest absolute Gasteiger partial charge is 0.459 e. The summed E-state index contributed by atoms with van der Waals surface area (Å²) in [6.07, 6.45) is 5.94. The molecule has 0 aliphatic heterocycles. The van der Waals surface area contributed by atoms with Crippen LogP contribution in [0, 0.1) is 29.1 Å². The van der Waals surface area contributed by atoms with E-state index in [1.165, 1.54) is 6.42 Å². The van der Waals surface area contributed by atoms with Gasteiger partial charge in [-0.15, -0.1) is 0 Å². The van der Waals surface area contributed by atoms with Crippen molar-refractivity contribution in [1.29, 1.82) is 0 Å². The lowest BCUT2D eigenvalue weighted by Crippen LogP contribution is -2.59. The van der Waals surface area contributed by atoms with Crippen LogP contribution in [-0.4, -0.2) is 30.1 Å². The zero-order valence-electron chi connectivity index (χ0n) is 16.9. The molecule has 4 aliphatic carbocycles. The van der Waals surface area contributed by atoms with E-state index in [4.69, 9.17) is 4.74 Å². The van der Waals surface area contributed by atoms with Gasteiger partial charge in [-0.05, 0) is 76.0 Å². The molecule has 0 aromatic carbocycles. The molecule has 0 saturated heterocycles. The van der Waals surface area contributed by atoms with Gasteiger partial charge in [0.25, 0.3) is 5.92 Å². The first-order chi connectivity index (χ1) is 12.4. The van der Waals surface area contributed by atoms with E-state index in [0.717, 1.165) is 37.5 Å². The molecule has 0 amide bonds. The minimum atomic E-state index is -3.08. The molecule has 4 bridgehead atoms. The molecule has 4 rings (SSSR count). The molecule has 4 nitrogen and oxygen atoms in total. The van der Waals surface area contributed by atoms with Crippen LogP contribution < -0.4 is 0 Å². The standard InChI is InChI=1S/C21H32F2O4/c1-5-19(2,11-17(24)26-12-20(3,22)23)18(25)27-21(4)15-7-13-6-14(9-15)10-16(21)8-13/h13-16H,5-12H2,1-4H3. The average molecular weight is 386 g/mol. The summed E-state index contributed by atoms with van der Waals surface area (Å²) in [5, 5.41) is 0. The highest BCUT2D eigenvalue weighted by Gasteiger charge is 2.58. The Morgan fingerprint density at radius 1 is 1.04 bits per heavy atom. The van der Waals surface area contributed by atoms with Crippen LogP contribution in [-0.2, 0) is 19.1 Å². The predicted molar refractivity (Wildman–Crippen MR) is 96.1 cm³/mol. The van der Waals surface area contributed by atoms with Gasteiger partial charge in [-0.1, -0.05) is 6.92 Å². The second-order valence-corrected chi connectivity index (χ2v) is 9.70. The lowest BCUT2D eigenvalue weighted by atomic mass is 9.50. The summed E-state index contributed by atoms with van der Waals surface area (Å²) in [4.78, 5) is 25.1. The lowest BCUT2D eigenvalue weighted by Gasteiger charge is -2.59. The van der Waals surface area contributed by atoms with Crippen molar-refractivity contribution in [3.05, 3.63) is 0 Å². The summed E-state index contributed by atoms with van der Waals surface area (Å²) in [5.74, 6) is -1.94. The number of halogens is 2. The second-order valence-electron chi connectivity index (χ2n) is 9.70. The van der Waals surface area contributed by atoms with Gasteiger partial charge in [0.15, 0.2) is 6.61 Å². The van der Waals surface area contributed by atoms with Gasteiger partial charge in [0, 0.05) is 6.92 Å². The Labute approximate surface area is 160 Å². The third kappa shape index (κ3) is 4.14. The fraction of sp³-hybridized carbons (Fsp3) is 0.905. The van der Waals surface area contributed by atoms with Crippen LogP contribution in [0.1, 0.15) is 72.6 Å².